The molecule has 1 saturated carbocycles. The van der Waals surface area contributed by atoms with Crippen molar-refractivity contribution in [3.63, 3.8) is 0 Å². The molecule has 20 heavy (non-hydrogen) atoms. The van der Waals surface area contributed by atoms with Gasteiger partial charge in [0.05, 0.1) is 5.60 Å². The number of rotatable bonds is 2. The predicted molar refractivity (Wildman–Crippen MR) is 88.5 cm³/mol. The van der Waals surface area contributed by atoms with E-state index in [1.807, 2.05) is 0 Å². The number of benzene rings is 1. The zero-order chi connectivity index (χ0) is 13.5. The number of halogens is 2. The predicted octanol–water partition coefficient (Wildman–Crippen LogP) is 3.71. The minimum atomic E-state index is -0.543. The summed E-state index contributed by atoms with van der Waals surface area (Å²) in [6.07, 6.45) is 7.13. The minimum absolute atomic E-state index is 0. The summed E-state index contributed by atoms with van der Waals surface area (Å²) in [4.78, 5) is 0. The van der Waals surface area contributed by atoms with Crippen LogP contribution in [0.1, 0.15) is 49.7 Å². The van der Waals surface area contributed by atoms with Crippen LogP contribution < -0.4 is 5.73 Å². The van der Waals surface area contributed by atoms with Crippen molar-refractivity contribution in [2.24, 2.45) is 5.73 Å². The minimum Gasteiger partial charge on any atom is -0.389 e. The Balaban J connectivity index is 0.00000147. The maximum atomic E-state index is 11.2. The van der Waals surface area contributed by atoms with Crippen molar-refractivity contribution >= 4 is 28.3 Å². The number of hydrogen-bond donors (Lipinski definition) is 2. The summed E-state index contributed by atoms with van der Waals surface area (Å²) in [7, 11) is 0. The highest BCUT2D eigenvalue weighted by molar-refractivity contribution is 9.10. The highest BCUT2D eigenvalue weighted by atomic mass is 79.9. The van der Waals surface area contributed by atoms with E-state index in [0.29, 0.717) is 6.54 Å². The van der Waals surface area contributed by atoms with Gasteiger partial charge < -0.3 is 10.8 Å². The van der Waals surface area contributed by atoms with E-state index in [1.54, 1.807) is 0 Å². The van der Waals surface area contributed by atoms with E-state index in [0.717, 1.165) is 43.0 Å². The Hall–Kier alpha value is -0.0900. The molecule has 0 aliphatic heterocycles. The molecule has 1 aromatic rings. The smallest absolute Gasteiger partial charge is 0.0747 e. The Morgan fingerprint density at radius 2 is 1.95 bits per heavy atom. The molecule has 112 valence electrons. The van der Waals surface area contributed by atoms with E-state index in [1.165, 1.54) is 17.5 Å². The Kier molecular flexibility index (Phi) is 4.85. The zero-order valence-corrected chi connectivity index (χ0v) is 14.1. The van der Waals surface area contributed by atoms with Crippen LogP contribution in [0.15, 0.2) is 22.7 Å². The molecular weight excluding hydrogens is 338 g/mol. The number of hydrogen-bond acceptors (Lipinski definition) is 2. The summed E-state index contributed by atoms with van der Waals surface area (Å²) in [5, 5.41) is 11.2. The second kappa shape index (κ2) is 5.96. The van der Waals surface area contributed by atoms with Crippen LogP contribution in [-0.2, 0) is 11.8 Å². The molecule has 0 spiro atoms. The highest BCUT2D eigenvalue weighted by Gasteiger charge is 2.54. The monoisotopic (exact) mass is 359 g/mol. The van der Waals surface area contributed by atoms with E-state index in [-0.39, 0.29) is 17.8 Å². The summed E-state index contributed by atoms with van der Waals surface area (Å²) < 4.78 is 1.11. The molecule has 1 fully saturated rings. The molecule has 4 heteroatoms. The van der Waals surface area contributed by atoms with Crippen LogP contribution in [0.2, 0.25) is 0 Å². The normalized spacial score (nSPS) is 31.9. The molecule has 0 unspecified atom stereocenters. The number of nitrogens with two attached hydrogens (primary N) is 1. The van der Waals surface area contributed by atoms with Gasteiger partial charge in [0, 0.05) is 9.89 Å². The van der Waals surface area contributed by atoms with Gasteiger partial charge in [-0.3, -0.25) is 0 Å². The maximum Gasteiger partial charge on any atom is 0.0747 e. The lowest BCUT2D eigenvalue weighted by Gasteiger charge is -2.54. The lowest BCUT2D eigenvalue weighted by molar-refractivity contribution is -0.0862. The van der Waals surface area contributed by atoms with Gasteiger partial charge >= 0.3 is 0 Å². The van der Waals surface area contributed by atoms with Gasteiger partial charge in [0.25, 0.3) is 0 Å². The van der Waals surface area contributed by atoms with Crippen molar-refractivity contribution in [1.82, 2.24) is 0 Å². The van der Waals surface area contributed by atoms with Crippen LogP contribution >= 0.6 is 28.3 Å². The molecule has 0 saturated heterocycles. The summed E-state index contributed by atoms with van der Waals surface area (Å²) in [6.45, 7) is 0.647. The van der Waals surface area contributed by atoms with Gasteiger partial charge in [0.2, 0.25) is 0 Å². The maximum absolute atomic E-state index is 11.2. The van der Waals surface area contributed by atoms with Gasteiger partial charge in [0.1, 0.15) is 0 Å². The largest absolute Gasteiger partial charge is 0.389 e. The van der Waals surface area contributed by atoms with Crippen LogP contribution in [0.4, 0.5) is 0 Å². The Bertz CT molecular complexity index is 491. The topological polar surface area (TPSA) is 46.2 Å². The first-order valence-corrected chi connectivity index (χ1v) is 8.12. The molecule has 3 N–H and O–H groups in total. The zero-order valence-electron chi connectivity index (χ0n) is 11.7. The van der Waals surface area contributed by atoms with Gasteiger partial charge in [-0.2, -0.15) is 0 Å². The van der Waals surface area contributed by atoms with E-state index >= 15 is 0 Å². The molecule has 1 aromatic carbocycles. The number of fused-ring (bicyclic) bond motifs is 3. The van der Waals surface area contributed by atoms with Crippen molar-refractivity contribution in [1.29, 1.82) is 0 Å². The third-order valence-corrected chi connectivity index (χ3v) is 5.79. The molecule has 0 aromatic heterocycles. The molecule has 2 aliphatic rings. The lowest BCUT2D eigenvalue weighted by atomic mass is 9.53. The highest BCUT2D eigenvalue weighted by Crippen LogP contribution is 2.54. The summed E-state index contributed by atoms with van der Waals surface area (Å²) in [6, 6.07) is 6.55. The first kappa shape index (κ1) is 16.3. The Morgan fingerprint density at radius 1 is 1.20 bits per heavy atom. The summed E-state index contributed by atoms with van der Waals surface area (Å²) in [5.74, 6) is 0. The molecule has 2 nitrogen and oxygen atoms in total. The molecule has 3 rings (SSSR count). The van der Waals surface area contributed by atoms with Gasteiger partial charge in [-0.25, -0.2) is 0 Å². The number of aryl methyl sites for hydroxylation is 1. The average molecular weight is 361 g/mol. The van der Waals surface area contributed by atoms with Gasteiger partial charge in [-0.1, -0.05) is 34.8 Å². The molecule has 2 aliphatic carbocycles. The van der Waals surface area contributed by atoms with Crippen LogP contribution in [0.5, 0.6) is 0 Å². The third kappa shape index (κ3) is 2.33. The second-order valence-electron chi connectivity index (χ2n) is 6.16. The average Bonchev–Trinajstić information content (AvgIpc) is 2.40. The quantitative estimate of drug-likeness (QED) is 0.844. The molecule has 0 radical (unpaired) electrons. The van der Waals surface area contributed by atoms with Crippen LogP contribution in [0.25, 0.3) is 0 Å². The fraction of sp³-hybridized carbons (Fsp3) is 0.625. The first-order valence-electron chi connectivity index (χ1n) is 7.33. The van der Waals surface area contributed by atoms with Crippen molar-refractivity contribution in [3.8, 4) is 0 Å². The molecule has 0 amide bonds. The van der Waals surface area contributed by atoms with Crippen molar-refractivity contribution in [2.45, 2.75) is 56.0 Å². The lowest BCUT2D eigenvalue weighted by Crippen LogP contribution is -2.57. The van der Waals surface area contributed by atoms with Crippen LogP contribution in [-0.4, -0.2) is 17.3 Å². The fourth-order valence-electron chi connectivity index (χ4n) is 4.36. The molecule has 0 bridgehead atoms. The van der Waals surface area contributed by atoms with E-state index < -0.39 is 5.60 Å². The van der Waals surface area contributed by atoms with Crippen molar-refractivity contribution in [2.75, 3.05) is 6.54 Å². The van der Waals surface area contributed by atoms with E-state index in [9.17, 15) is 5.11 Å². The SMILES string of the molecule is Cl.NCC[C@]12CCCC[C@@]1(O)CCc1ccc(Br)cc12. The van der Waals surface area contributed by atoms with Gasteiger partial charge in [0.15, 0.2) is 0 Å². The molecule has 2 atom stereocenters. The van der Waals surface area contributed by atoms with E-state index in [2.05, 4.69) is 34.1 Å². The fourth-order valence-corrected chi connectivity index (χ4v) is 4.72. The Labute approximate surface area is 135 Å². The third-order valence-electron chi connectivity index (χ3n) is 5.30. The van der Waals surface area contributed by atoms with E-state index in [4.69, 9.17) is 5.73 Å². The first-order chi connectivity index (χ1) is 9.11. The van der Waals surface area contributed by atoms with Crippen LogP contribution in [0.3, 0.4) is 0 Å². The second-order valence-corrected chi connectivity index (χ2v) is 7.08. The molecule has 0 heterocycles. The summed E-state index contributed by atoms with van der Waals surface area (Å²) in [5.41, 5.74) is 7.99. The summed E-state index contributed by atoms with van der Waals surface area (Å²) >= 11 is 3.59. The van der Waals surface area contributed by atoms with Crippen LogP contribution in [0, 0.1) is 0 Å². The van der Waals surface area contributed by atoms with Gasteiger partial charge in [-0.15, -0.1) is 12.4 Å². The Morgan fingerprint density at radius 3 is 2.70 bits per heavy atom. The molecular formula is C16H23BrClNO. The van der Waals surface area contributed by atoms with Crippen molar-refractivity contribution < 1.29 is 5.11 Å². The number of aliphatic hydroxyl groups is 1. The van der Waals surface area contributed by atoms with Gasteiger partial charge in [-0.05, 0) is 61.9 Å². The van der Waals surface area contributed by atoms with Crippen molar-refractivity contribution in [3.05, 3.63) is 33.8 Å². The standard InChI is InChI=1S/C16H22BrNO.ClH/c17-13-4-3-12-5-8-16(19)7-2-1-6-15(16,9-10-18)14(12)11-13;/h3-4,11,19H,1-2,5-10,18H2;1H/t15-,16+;/m0./s1.